The normalized spacial score (nSPS) is 24.6. The van der Waals surface area contributed by atoms with E-state index in [4.69, 9.17) is 4.74 Å². The number of benzene rings is 1. The number of allylic oxidation sites excluding steroid dienone is 1. The summed E-state index contributed by atoms with van der Waals surface area (Å²) in [6.45, 7) is 4.08. The molecule has 2 atom stereocenters. The van der Waals surface area contributed by atoms with E-state index in [0.717, 1.165) is 0 Å². The molecule has 0 aromatic heterocycles. The van der Waals surface area contributed by atoms with E-state index in [9.17, 15) is 0 Å². The molecule has 0 radical (unpaired) electrons. The van der Waals surface area contributed by atoms with E-state index in [1.54, 1.807) is 0 Å². The summed E-state index contributed by atoms with van der Waals surface area (Å²) in [6.07, 6.45) is 3.85. The molecule has 0 bridgehead atoms. The van der Waals surface area contributed by atoms with Gasteiger partial charge in [0, 0.05) is 7.05 Å². The molecule has 1 aliphatic rings. The summed E-state index contributed by atoms with van der Waals surface area (Å²) in [7, 11) is 1.98. The Labute approximate surface area is 102 Å². The van der Waals surface area contributed by atoms with Crippen molar-refractivity contribution in [1.29, 1.82) is 0 Å². The second-order valence-corrected chi connectivity index (χ2v) is 4.20. The number of nitrogens with zero attached hydrogens (tertiary/aromatic N) is 2. The zero-order valence-corrected chi connectivity index (χ0v) is 10.5. The van der Waals surface area contributed by atoms with Crippen LogP contribution in [0, 0.1) is 0 Å². The van der Waals surface area contributed by atoms with Crippen LogP contribution in [-0.2, 0) is 4.74 Å². The maximum atomic E-state index is 5.92. The van der Waals surface area contributed by atoms with Crippen LogP contribution in [0.15, 0.2) is 47.6 Å². The molecule has 17 heavy (non-hydrogen) atoms. The SMILES string of the molecule is C/C=C/C1=NN(C)[C@@H](C)[C@@H](c2ccccc2)O1. The Morgan fingerprint density at radius 2 is 2.00 bits per heavy atom. The van der Waals surface area contributed by atoms with Gasteiger partial charge >= 0.3 is 0 Å². The fourth-order valence-corrected chi connectivity index (χ4v) is 1.90. The largest absolute Gasteiger partial charge is 0.466 e. The molecule has 90 valence electrons. The summed E-state index contributed by atoms with van der Waals surface area (Å²) in [5.74, 6) is 0.668. The van der Waals surface area contributed by atoms with Crippen LogP contribution in [0.2, 0.25) is 0 Å². The second kappa shape index (κ2) is 5.04. The molecule has 3 nitrogen and oxygen atoms in total. The van der Waals surface area contributed by atoms with Gasteiger partial charge in [0.2, 0.25) is 5.90 Å². The Balaban J connectivity index is 2.27. The highest BCUT2D eigenvalue weighted by atomic mass is 16.5. The first-order valence-corrected chi connectivity index (χ1v) is 5.88. The van der Waals surface area contributed by atoms with Gasteiger partial charge in [0.15, 0.2) is 0 Å². The van der Waals surface area contributed by atoms with Gasteiger partial charge in [-0.3, -0.25) is 5.01 Å². The van der Waals surface area contributed by atoms with Crippen molar-refractivity contribution in [2.24, 2.45) is 5.10 Å². The minimum atomic E-state index is 0.0323. The molecule has 1 heterocycles. The predicted molar refractivity (Wildman–Crippen MR) is 69.7 cm³/mol. The first kappa shape index (κ1) is 11.7. The minimum Gasteiger partial charge on any atom is -0.466 e. The van der Waals surface area contributed by atoms with Crippen molar-refractivity contribution in [1.82, 2.24) is 5.01 Å². The van der Waals surface area contributed by atoms with E-state index in [-0.39, 0.29) is 12.1 Å². The van der Waals surface area contributed by atoms with Gasteiger partial charge in [0.1, 0.15) is 6.10 Å². The highest BCUT2D eigenvalue weighted by Crippen LogP contribution is 2.28. The van der Waals surface area contributed by atoms with Crippen LogP contribution < -0.4 is 0 Å². The van der Waals surface area contributed by atoms with Crippen molar-refractivity contribution in [3.8, 4) is 0 Å². The molecule has 0 amide bonds. The Morgan fingerprint density at radius 3 is 2.65 bits per heavy atom. The Hall–Kier alpha value is -1.77. The standard InChI is InChI=1S/C14H18N2O/c1-4-8-13-15-16(3)11(2)14(17-13)12-9-6-5-7-10-12/h4-11,14H,1-3H3/b8-4+/t11-,14-/m0/s1. The lowest BCUT2D eigenvalue weighted by Crippen LogP contribution is -2.38. The Bertz CT molecular complexity index is 425. The molecule has 1 aromatic rings. The maximum Gasteiger partial charge on any atom is 0.231 e. The number of hydrogen-bond donors (Lipinski definition) is 0. The number of likely N-dealkylation sites (N-methyl/N-ethyl adjacent to an activating group) is 1. The molecule has 0 saturated carbocycles. The molecule has 1 aromatic carbocycles. The summed E-state index contributed by atoms with van der Waals surface area (Å²) in [5.41, 5.74) is 1.18. The topological polar surface area (TPSA) is 24.8 Å². The van der Waals surface area contributed by atoms with Crippen molar-refractivity contribution in [2.45, 2.75) is 26.0 Å². The van der Waals surface area contributed by atoms with Gasteiger partial charge in [-0.1, -0.05) is 36.4 Å². The van der Waals surface area contributed by atoms with Crippen molar-refractivity contribution in [3.05, 3.63) is 48.0 Å². The summed E-state index contributed by atoms with van der Waals surface area (Å²) < 4.78 is 5.92. The van der Waals surface area contributed by atoms with Crippen LogP contribution in [0.1, 0.15) is 25.5 Å². The zero-order chi connectivity index (χ0) is 12.3. The molecule has 0 aliphatic carbocycles. The Kier molecular flexibility index (Phi) is 3.47. The number of rotatable bonds is 2. The van der Waals surface area contributed by atoms with Gasteiger partial charge in [-0.15, -0.1) is 5.10 Å². The molecule has 0 fully saturated rings. The van der Waals surface area contributed by atoms with Gasteiger partial charge in [0.05, 0.1) is 6.04 Å². The third-order valence-corrected chi connectivity index (χ3v) is 2.97. The molecule has 0 saturated heterocycles. The van der Waals surface area contributed by atoms with Crippen LogP contribution in [-0.4, -0.2) is 24.0 Å². The van der Waals surface area contributed by atoms with Crippen molar-refractivity contribution in [2.75, 3.05) is 7.05 Å². The van der Waals surface area contributed by atoms with Gasteiger partial charge in [-0.2, -0.15) is 0 Å². The average molecular weight is 230 g/mol. The van der Waals surface area contributed by atoms with Gasteiger partial charge in [0.25, 0.3) is 0 Å². The molecule has 0 N–H and O–H groups in total. The van der Waals surface area contributed by atoms with Gasteiger partial charge < -0.3 is 4.74 Å². The first-order chi connectivity index (χ1) is 8.22. The van der Waals surface area contributed by atoms with Crippen molar-refractivity contribution in [3.63, 3.8) is 0 Å². The van der Waals surface area contributed by atoms with E-state index in [1.807, 2.05) is 49.3 Å². The second-order valence-electron chi connectivity index (χ2n) is 4.20. The first-order valence-electron chi connectivity index (χ1n) is 5.88. The lowest BCUT2D eigenvalue weighted by molar-refractivity contribution is 0.0539. The van der Waals surface area contributed by atoms with Crippen LogP contribution in [0.25, 0.3) is 0 Å². The van der Waals surface area contributed by atoms with Gasteiger partial charge in [-0.05, 0) is 25.5 Å². The molecule has 2 rings (SSSR count). The zero-order valence-electron chi connectivity index (χ0n) is 10.5. The maximum absolute atomic E-state index is 5.92. The van der Waals surface area contributed by atoms with E-state index < -0.39 is 0 Å². The fraction of sp³-hybridized carbons (Fsp3) is 0.357. The molecule has 3 heteroatoms. The van der Waals surface area contributed by atoms with E-state index in [1.165, 1.54) is 5.56 Å². The third kappa shape index (κ3) is 2.49. The quantitative estimate of drug-likeness (QED) is 0.780. The highest BCUT2D eigenvalue weighted by molar-refractivity contribution is 5.87. The third-order valence-electron chi connectivity index (χ3n) is 2.97. The van der Waals surface area contributed by atoms with Crippen LogP contribution in [0.4, 0.5) is 0 Å². The van der Waals surface area contributed by atoms with Crippen LogP contribution in [0.5, 0.6) is 0 Å². The smallest absolute Gasteiger partial charge is 0.231 e. The summed E-state index contributed by atoms with van der Waals surface area (Å²) in [4.78, 5) is 0. The molecular weight excluding hydrogens is 212 g/mol. The van der Waals surface area contributed by atoms with E-state index in [2.05, 4.69) is 24.2 Å². The molecule has 1 aliphatic heterocycles. The van der Waals surface area contributed by atoms with Crippen LogP contribution in [0.3, 0.4) is 0 Å². The van der Waals surface area contributed by atoms with E-state index in [0.29, 0.717) is 5.90 Å². The predicted octanol–water partition coefficient (Wildman–Crippen LogP) is 2.97. The van der Waals surface area contributed by atoms with Crippen molar-refractivity contribution >= 4 is 5.90 Å². The number of hydrogen-bond acceptors (Lipinski definition) is 3. The molecular formula is C14H18N2O. The lowest BCUT2D eigenvalue weighted by atomic mass is 10.0. The highest BCUT2D eigenvalue weighted by Gasteiger charge is 2.28. The average Bonchev–Trinajstić information content (AvgIpc) is 2.35. The lowest BCUT2D eigenvalue weighted by Gasteiger charge is -2.35. The summed E-state index contributed by atoms with van der Waals surface area (Å²) in [6, 6.07) is 10.5. The van der Waals surface area contributed by atoms with E-state index >= 15 is 0 Å². The number of ether oxygens (including phenoxy) is 1. The fourth-order valence-electron chi connectivity index (χ4n) is 1.90. The summed E-state index contributed by atoms with van der Waals surface area (Å²) >= 11 is 0. The molecule has 0 unspecified atom stereocenters. The molecule has 0 spiro atoms. The Morgan fingerprint density at radius 1 is 1.29 bits per heavy atom. The number of hydrazone groups is 1. The van der Waals surface area contributed by atoms with Crippen molar-refractivity contribution < 1.29 is 4.74 Å². The minimum absolute atomic E-state index is 0.0323. The summed E-state index contributed by atoms with van der Waals surface area (Å²) in [5, 5.41) is 6.32. The van der Waals surface area contributed by atoms with Gasteiger partial charge in [-0.25, -0.2) is 0 Å². The monoisotopic (exact) mass is 230 g/mol. The van der Waals surface area contributed by atoms with Crippen LogP contribution >= 0.6 is 0 Å².